The van der Waals surface area contributed by atoms with Crippen molar-refractivity contribution in [3.8, 4) is 11.1 Å². The van der Waals surface area contributed by atoms with Crippen molar-refractivity contribution < 1.29 is 4.79 Å². The maximum atomic E-state index is 13.0. The van der Waals surface area contributed by atoms with E-state index in [1.165, 1.54) is 11.3 Å². The van der Waals surface area contributed by atoms with Gasteiger partial charge in [-0.1, -0.05) is 42.5 Å². The maximum Gasteiger partial charge on any atom is 0.253 e. The second kappa shape index (κ2) is 11.0. The monoisotopic (exact) mass is 469 g/mol. The summed E-state index contributed by atoms with van der Waals surface area (Å²) in [6.45, 7) is 7.26. The zero-order chi connectivity index (χ0) is 24.0. The van der Waals surface area contributed by atoms with Gasteiger partial charge in [-0.25, -0.2) is 0 Å². The first kappa shape index (κ1) is 23.5. The van der Waals surface area contributed by atoms with E-state index in [0.29, 0.717) is 5.56 Å². The first-order chi connectivity index (χ1) is 17.1. The Hall–Kier alpha value is -3.22. The van der Waals surface area contributed by atoms with Gasteiger partial charge in [-0.2, -0.15) is 0 Å². The number of piperazine rings is 1. The Morgan fingerprint density at radius 2 is 1.60 bits per heavy atom. The number of likely N-dealkylation sites (N-methyl/N-ethyl adjacent to an activating group) is 1. The van der Waals surface area contributed by atoms with Crippen LogP contribution >= 0.6 is 0 Å². The lowest BCUT2D eigenvalue weighted by Gasteiger charge is -2.34. The predicted octanol–water partition coefficient (Wildman–Crippen LogP) is 3.89. The predicted molar refractivity (Wildman–Crippen MR) is 142 cm³/mol. The first-order valence-electron chi connectivity index (χ1n) is 12.7. The number of benzene rings is 2. The highest BCUT2D eigenvalue weighted by atomic mass is 16.1. The van der Waals surface area contributed by atoms with E-state index in [9.17, 15) is 4.79 Å². The number of aromatic nitrogens is 1. The molecular formula is C29H35N5O. The summed E-state index contributed by atoms with van der Waals surface area (Å²) in [5.74, 6) is -0.0325. The van der Waals surface area contributed by atoms with E-state index in [1.54, 1.807) is 6.20 Å². The van der Waals surface area contributed by atoms with Crippen LogP contribution in [0.5, 0.6) is 0 Å². The Labute approximate surface area is 208 Å². The second-order valence-electron chi connectivity index (χ2n) is 9.81. The second-order valence-corrected chi connectivity index (χ2v) is 9.81. The van der Waals surface area contributed by atoms with Crippen LogP contribution in [0, 0.1) is 0 Å². The molecule has 0 unspecified atom stereocenters. The lowest BCUT2D eigenvalue weighted by molar-refractivity contribution is 0.0908. The van der Waals surface area contributed by atoms with Crippen molar-refractivity contribution >= 4 is 11.6 Å². The molecule has 0 spiro atoms. The molecule has 5 rings (SSSR count). The Morgan fingerprint density at radius 1 is 0.886 bits per heavy atom. The number of carbonyl (C=O) groups excluding carboxylic acids is 1. The fourth-order valence-electron chi connectivity index (χ4n) is 5.00. The summed E-state index contributed by atoms with van der Waals surface area (Å²) in [6.07, 6.45) is 5.45. The van der Waals surface area contributed by atoms with Crippen molar-refractivity contribution in [2.24, 2.45) is 0 Å². The van der Waals surface area contributed by atoms with Gasteiger partial charge in [0.1, 0.15) is 0 Å². The highest BCUT2D eigenvalue weighted by Crippen LogP contribution is 2.24. The smallest absolute Gasteiger partial charge is 0.253 e. The molecule has 0 atom stereocenters. The van der Waals surface area contributed by atoms with Gasteiger partial charge in [-0.05, 0) is 49.2 Å². The summed E-state index contributed by atoms with van der Waals surface area (Å²) in [7, 11) is 2.17. The van der Waals surface area contributed by atoms with Crippen LogP contribution in [0.15, 0.2) is 73.1 Å². The van der Waals surface area contributed by atoms with E-state index in [4.69, 9.17) is 0 Å². The van der Waals surface area contributed by atoms with Gasteiger partial charge in [0.15, 0.2) is 0 Å². The van der Waals surface area contributed by atoms with Crippen LogP contribution in [0.2, 0.25) is 0 Å². The summed E-state index contributed by atoms with van der Waals surface area (Å²) in [5.41, 5.74) is 5.27. The van der Waals surface area contributed by atoms with Gasteiger partial charge < -0.3 is 15.1 Å². The van der Waals surface area contributed by atoms with Crippen LogP contribution in [-0.2, 0) is 6.54 Å². The summed E-state index contributed by atoms with van der Waals surface area (Å²) < 4.78 is 0. The Balaban J connectivity index is 1.16. The van der Waals surface area contributed by atoms with Crippen molar-refractivity contribution in [2.45, 2.75) is 25.4 Å². The molecule has 0 saturated carbocycles. The van der Waals surface area contributed by atoms with E-state index in [0.717, 1.165) is 69.8 Å². The van der Waals surface area contributed by atoms with Crippen LogP contribution in [0.4, 0.5) is 5.69 Å². The molecule has 2 fully saturated rings. The van der Waals surface area contributed by atoms with Crippen LogP contribution < -0.4 is 10.2 Å². The largest absolute Gasteiger partial charge is 0.369 e. The standard InChI is InChI=1S/C29H35N5O/c1-32-15-17-34(18-16-32)28-9-7-24(8-10-28)25-19-26(21-30-20-25)29(35)31-27-11-13-33(14-12-27)22-23-5-3-2-4-6-23/h2-10,19-21,27H,11-18,22H2,1H3,(H,31,35). The van der Waals surface area contributed by atoms with Gasteiger partial charge in [-0.3, -0.25) is 14.7 Å². The van der Waals surface area contributed by atoms with E-state index in [-0.39, 0.29) is 11.9 Å². The third-order valence-corrected chi connectivity index (χ3v) is 7.24. The average molecular weight is 470 g/mol. The number of nitrogens with one attached hydrogen (secondary N) is 1. The number of nitrogens with zero attached hydrogens (tertiary/aromatic N) is 4. The first-order valence-corrected chi connectivity index (χ1v) is 12.7. The number of carbonyl (C=O) groups is 1. The van der Waals surface area contributed by atoms with Crippen molar-refractivity contribution in [3.63, 3.8) is 0 Å². The van der Waals surface area contributed by atoms with Crippen molar-refractivity contribution in [1.29, 1.82) is 0 Å². The fraction of sp³-hybridized carbons (Fsp3) is 0.379. The summed E-state index contributed by atoms with van der Waals surface area (Å²) >= 11 is 0. The normalized spacial score (nSPS) is 17.9. The van der Waals surface area contributed by atoms with Crippen LogP contribution in [0.3, 0.4) is 0 Å². The molecule has 2 aliphatic rings. The SMILES string of the molecule is CN1CCN(c2ccc(-c3cncc(C(=O)NC4CCN(Cc5ccccc5)CC4)c3)cc2)CC1. The number of anilines is 1. The number of amides is 1. The van der Waals surface area contributed by atoms with Crippen LogP contribution in [-0.4, -0.2) is 73.0 Å². The van der Waals surface area contributed by atoms with Crippen molar-refractivity contribution in [2.75, 3.05) is 51.2 Å². The Bertz CT molecular complexity index is 1100. The van der Waals surface area contributed by atoms with Crippen LogP contribution in [0.25, 0.3) is 11.1 Å². The van der Waals surface area contributed by atoms with E-state index in [1.807, 2.05) is 12.3 Å². The zero-order valence-corrected chi connectivity index (χ0v) is 20.6. The molecule has 182 valence electrons. The zero-order valence-electron chi connectivity index (χ0n) is 20.6. The number of hydrogen-bond donors (Lipinski definition) is 1. The molecule has 0 bridgehead atoms. The topological polar surface area (TPSA) is 51.7 Å². The third-order valence-electron chi connectivity index (χ3n) is 7.24. The number of pyridine rings is 1. The molecule has 3 heterocycles. The quantitative estimate of drug-likeness (QED) is 0.594. The molecule has 1 N–H and O–H groups in total. The molecular weight excluding hydrogens is 434 g/mol. The minimum atomic E-state index is -0.0325. The molecule has 35 heavy (non-hydrogen) atoms. The summed E-state index contributed by atoms with van der Waals surface area (Å²) in [5, 5.41) is 3.24. The molecule has 6 heteroatoms. The molecule has 6 nitrogen and oxygen atoms in total. The molecule has 2 saturated heterocycles. The minimum absolute atomic E-state index is 0.0325. The Kier molecular flexibility index (Phi) is 7.40. The van der Waals surface area contributed by atoms with Crippen molar-refractivity contribution in [3.05, 3.63) is 84.2 Å². The lowest BCUT2D eigenvalue weighted by atomic mass is 10.0. The maximum absolute atomic E-state index is 13.0. The Morgan fingerprint density at radius 3 is 2.31 bits per heavy atom. The molecule has 3 aromatic rings. The third kappa shape index (κ3) is 6.08. The molecule has 1 amide bonds. The highest BCUT2D eigenvalue weighted by Gasteiger charge is 2.21. The molecule has 0 radical (unpaired) electrons. The van der Waals surface area contributed by atoms with E-state index >= 15 is 0 Å². The summed E-state index contributed by atoms with van der Waals surface area (Å²) in [6, 6.07) is 21.4. The molecule has 1 aromatic heterocycles. The minimum Gasteiger partial charge on any atom is -0.369 e. The van der Waals surface area contributed by atoms with Gasteiger partial charge in [0.25, 0.3) is 5.91 Å². The van der Waals surface area contributed by atoms with Crippen LogP contribution in [0.1, 0.15) is 28.8 Å². The van der Waals surface area contributed by atoms with Gasteiger partial charge in [-0.15, -0.1) is 0 Å². The van der Waals surface area contributed by atoms with Gasteiger partial charge >= 0.3 is 0 Å². The van der Waals surface area contributed by atoms with Crippen molar-refractivity contribution in [1.82, 2.24) is 20.1 Å². The number of piperidine rings is 1. The molecule has 0 aliphatic carbocycles. The van der Waals surface area contributed by atoms with Gasteiger partial charge in [0.2, 0.25) is 0 Å². The average Bonchev–Trinajstić information content (AvgIpc) is 2.91. The number of likely N-dealkylation sites (tertiary alicyclic amines) is 1. The molecule has 2 aromatic carbocycles. The fourth-order valence-corrected chi connectivity index (χ4v) is 5.00. The molecule has 2 aliphatic heterocycles. The highest BCUT2D eigenvalue weighted by molar-refractivity contribution is 5.95. The number of rotatable bonds is 6. The summed E-state index contributed by atoms with van der Waals surface area (Å²) in [4.78, 5) is 24.6. The van der Waals surface area contributed by atoms with Gasteiger partial charge in [0.05, 0.1) is 5.56 Å². The van der Waals surface area contributed by atoms with E-state index in [2.05, 4.69) is 86.6 Å². The van der Waals surface area contributed by atoms with E-state index < -0.39 is 0 Å². The lowest BCUT2D eigenvalue weighted by Crippen LogP contribution is -2.44. The van der Waals surface area contributed by atoms with Gasteiger partial charge in [0, 0.05) is 75.5 Å². The number of hydrogen-bond acceptors (Lipinski definition) is 5.